The quantitative estimate of drug-likeness (QED) is 0.916. The number of benzene rings is 1. The fourth-order valence-electron chi connectivity index (χ4n) is 4.39. The minimum atomic E-state index is -0.814. The molecule has 130 valence electrons. The zero-order chi connectivity index (χ0) is 16.8. The van der Waals surface area contributed by atoms with Gasteiger partial charge in [-0.05, 0) is 51.3 Å². The molecule has 4 nitrogen and oxygen atoms in total. The number of halogens is 1. The SMILES string of the molecule is O=C(N1CC[C@](O)(CN2CCCC2)C1)C1(c2ccccc2F)CC1. The average molecular weight is 332 g/mol. The normalized spacial score (nSPS) is 29.2. The van der Waals surface area contributed by atoms with E-state index in [1.165, 1.54) is 18.9 Å². The maximum atomic E-state index is 14.2. The molecule has 1 aromatic rings. The predicted molar refractivity (Wildman–Crippen MR) is 89.1 cm³/mol. The highest BCUT2D eigenvalue weighted by molar-refractivity contribution is 5.91. The topological polar surface area (TPSA) is 43.8 Å². The second-order valence-electron chi connectivity index (χ2n) is 7.75. The third-order valence-corrected chi connectivity index (χ3v) is 5.88. The van der Waals surface area contributed by atoms with Crippen molar-refractivity contribution in [3.05, 3.63) is 35.6 Å². The number of amides is 1. The lowest BCUT2D eigenvalue weighted by molar-refractivity contribution is -0.134. The van der Waals surface area contributed by atoms with Crippen molar-refractivity contribution in [1.29, 1.82) is 0 Å². The molecule has 5 heteroatoms. The molecule has 1 N–H and O–H groups in total. The van der Waals surface area contributed by atoms with E-state index in [9.17, 15) is 14.3 Å². The number of β-amino-alcohol motifs (C(OH)–C–C–N with tert-alkyl or cyclic N) is 1. The molecule has 0 radical (unpaired) electrons. The smallest absolute Gasteiger partial charge is 0.233 e. The van der Waals surface area contributed by atoms with E-state index in [2.05, 4.69) is 4.90 Å². The third-order valence-electron chi connectivity index (χ3n) is 5.88. The van der Waals surface area contributed by atoms with Crippen molar-refractivity contribution in [2.24, 2.45) is 0 Å². The molecule has 2 heterocycles. The molecule has 4 rings (SSSR count). The van der Waals surface area contributed by atoms with Crippen LogP contribution in [0.25, 0.3) is 0 Å². The van der Waals surface area contributed by atoms with Crippen LogP contribution in [-0.4, -0.2) is 59.1 Å². The molecule has 1 saturated carbocycles. The maximum absolute atomic E-state index is 14.2. The molecular formula is C19H25FN2O2. The summed E-state index contributed by atoms with van der Waals surface area (Å²) < 4.78 is 14.2. The van der Waals surface area contributed by atoms with Gasteiger partial charge in [0.15, 0.2) is 0 Å². The molecule has 1 aromatic carbocycles. The molecule has 1 aliphatic carbocycles. The van der Waals surface area contributed by atoms with Gasteiger partial charge in [-0.15, -0.1) is 0 Å². The van der Waals surface area contributed by atoms with Crippen molar-refractivity contribution >= 4 is 5.91 Å². The second-order valence-corrected chi connectivity index (χ2v) is 7.75. The summed E-state index contributed by atoms with van der Waals surface area (Å²) in [6.07, 6.45) is 4.40. The summed E-state index contributed by atoms with van der Waals surface area (Å²) in [6, 6.07) is 6.60. The molecule has 3 aliphatic rings. The van der Waals surface area contributed by atoms with Gasteiger partial charge < -0.3 is 14.9 Å². The van der Waals surface area contributed by atoms with Crippen LogP contribution >= 0.6 is 0 Å². The Morgan fingerprint density at radius 3 is 2.50 bits per heavy atom. The number of rotatable bonds is 4. The highest BCUT2D eigenvalue weighted by Gasteiger charge is 2.56. The molecule has 0 unspecified atom stereocenters. The van der Waals surface area contributed by atoms with Gasteiger partial charge in [0.1, 0.15) is 5.82 Å². The monoisotopic (exact) mass is 332 g/mol. The molecule has 0 aromatic heterocycles. The summed E-state index contributed by atoms with van der Waals surface area (Å²) in [5.41, 5.74) is -0.986. The van der Waals surface area contributed by atoms with Gasteiger partial charge in [-0.1, -0.05) is 18.2 Å². The number of likely N-dealkylation sites (tertiary alicyclic amines) is 2. The van der Waals surface area contributed by atoms with Crippen LogP contribution in [-0.2, 0) is 10.2 Å². The average Bonchev–Trinajstić information content (AvgIpc) is 3.04. The van der Waals surface area contributed by atoms with Crippen molar-refractivity contribution < 1.29 is 14.3 Å². The van der Waals surface area contributed by atoms with Crippen LogP contribution in [0, 0.1) is 5.82 Å². The maximum Gasteiger partial charge on any atom is 0.233 e. The standard InChI is InChI=1S/C19H25FN2O2/c20-16-6-2-1-5-15(16)19(7-8-19)17(23)22-12-9-18(24,14-22)13-21-10-3-4-11-21/h1-2,5-6,24H,3-4,7-14H2/t18-/m0/s1. The molecule has 0 bridgehead atoms. The van der Waals surface area contributed by atoms with Gasteiger partial charge in [-0.25, -0.2) is 4.39 Å². The summed E-state index contributed by atoms with van der Waals surface area (Å²) in [5.74, 6) is -0.306. The number of carbonyl (C=O) groups excluding carboxylic acids is 1. The fourth-order valence-corrected chi connectivity index (χ4v) is 4.39. The van der Waals surface area contributed by atoms with Crippen LogP contribution in [0.4, 0.5) is 4.39 Å². The van der Waals surface area contributed by atoms with Crippen LogP contribution in [0.5, 0.6) is 0 Å². The number of aliphatic hydroxyl groups is 1. The molecule has 3 fully saturated rings. The highest BCUT2D eigenvalue weighted by Crippen LogP contribution is 2.51. The minimum absolute atomic E-state index is 0.00931. The lowest BCUT2D eigenvalue weighted by atomic mass is 9.93. The third kappa shape index (κ3) is 2.74. The molecule has 24 heavy (non-hydrogen) atoms. The first-order chi connectivity index (χ1) is 11.5. The minimum Gasteiger partial charge on any atom is -0.387 e. The zero-order valence-corrected chi connectivity index (χ0v) is 14.0. The summed E-state index contributed by atoms with van der Waals surface area (Å²) in [6.45, 7) is 3.66. The van der Waals surface area contributed by atoms with Crippen LogP contribution in [0.15, 0.2) is 24.3 Å². The van der Waals surface area contributed by atoms with E-state index in [0.717, 1.165) is 13.1 Å². The lowest BCUT2D eigenvalue weighted by Gasteiger charge is -2.29. The van der Waals surface area contributed by atoms with E-state index < -0.39 is 11.0 Å². The summed E-state index contributed by atoms with van der Waals surface area (Å²) in [5, 5.41) is 10.9. The van der Waals surface area contributed by atoms with Crippen LogP contribution in [0.3, 0.4) is 0 Å². The van der Waals surface area contributed by atoms with Gasteiger partial charge in [0.05, 0.1) is 17.6 Å². The summed E-state index contributed by atoms with van der Waals surface area (Å²) >= 11 is 0. The largest absolute Gasteiger partial charge is 0.387 e. The zero-order valence-electron chi connectivity index (χ0n) is 14.0. The first kappa shape index (κ1) is 16.0. The van der Waals surface area contributed by atoms with E-state index in [1.54, 1.807) is 23.1 Å². The van der Waals surface area contributed by atoms with E-state index in [-0.39, 0.29) is 11.7 Å². The molecule has 2 saturated heterocycles. The van der Waals surface area contributed by atoms with Crippen molar-refractivity contribution in [1.82, 2.24) is 9.80 Å². The molecule has 0 spiro atoms. The Morgan fingerprint density at radius 1 is 1.12 bits per heavy atom. The number of hydrogen-bond donors (Lipinski definition) is 1. The van der Waals surface area contributed by atoms with Crippen molar-refractivity contribution in [2.75, 3.05) is 32.7 Å². The fraction of sp³-hybridized carbons (Fsp3) is 0.632. The second kappa shape index (κ2) is 5.81. The first-order valence-electron chi connectivity index (χ1n) is 9.02. The molecule has 2 aliphatic heterocycles. The van der Waals surface area contributed by atoms with Crippen molar-refractivity contribution in [3.63, 3.8) is 0 Å². The van der Waals surface area contributed by atoms with Gasteiger partial charge >= 0.3 is 0 Å². The van der Waals surface area contributed by atoms with Crippen molar-refractivity contribution in [3.8, 4) is 0 Å². The Morgan fingerprint density at radius 2 is 1.83 bits per heavy atom. The van der Waals surface area contributed by atoms with Crippen LogP contribution in [0.2, 0.25) is 0 Å². The molecule has 1 amide bonds. The summed E-state index contributed by atoms with van der Waals surface area (Å²) in [4.78, 5) is 17.1. The Hall–Kier alpha value is -1.46. The predicted octanol–water partition coefficient (Wildman–Crippen LogP) is 1.92. The van der Waals surface area contributed by atoms with Crippen molar-refractivity contribution in [2.45, 2.75) is 43.1 Å². The van der Waals surface area contributed by atoms with E-state index in [1.807, 2.05) is 0 Å². The molecular weight excluding hydrogens is 307 g/mol. The van der Waals surface area contributed by atoms with Gasteiger partial charge in [0.2, 0.25) is 5.91 Å². The number of hydrogen-bond acceptors (Lipinski definition) is 3. The Balaban J connectivity index is 1.47. The Kier molecular flexibility index (Phi) is 3.88. The van der Waals surface area contributed by atoms with Crippen LogP contribution < -0.4 is 0 Å². The Labute approximate surface area is 142 Å². The lowest BCUT2D eigenvalue weighted by Crippen LogP contribution is -2.46. The van der Waals surface area contributed by atoms with Gasteiger partial charge in [0.25, 0.3) is 0 Å². The first-order valence-corrected chi connectivity index (χ1v) is 9.02. The van der Waals surface area contributed by atoms with Gasteiger partial charge in [-0.3, -0.25) is 4.79 Å². The van der Waals surface area contributed by atoms with E-state index in [4.69, 9.17) is 0 Å². The summed E-state index contributed by atoms with van der Waals surface area (Å²) in [7, 11) is 0. The van der Waals surface area contributed by atoms with Gasteiger partial charge in [-0.2, -0.15) is 0 Å². The van der Waals surface area contributed by atoms with E-state index >= 15 is 0 Å². The van der Waals surface area contributed by atoms with Gasteiger partial charge in [0, 0.05) is 18.7 Å². The van der Waals surface area contributed by atoms with E-state index in [0.29, 0.717) is 44.5 Å². The van der Waals surface area contributed by atoms with Crippen LogP contribution in [0.1, 0.15) is 37.7 Å². The number of nitrogens with zero attached hydrogens (tertiary/aromatic N) is 2. The highest BCUT2D eigenvalue weighted by atomic mass is 19.1. The molecule has 1 atom stereocenters. The number of carbonyl (C=O) groups is 1. The Bertz CT molecular complexity index is 640.